The Hall–Kier alpha value is -0.830. The average molecular weight is 182 g/mol. The van der Waals surface area contributed by atoms with Crippen LogP contribution in [0.2, 0.25) is 0 Å². The number of oxazole rings is 1. The van der Waals surface area contributed by atoms with Crippen molar-refractivity contribution in [3.8, 4) is 0 Å². The fraction of sp³-hybridized carbons (Fsp3) is 0.700. The first-order valence-corrected chi connectivity index (χ1v) is 4.90. The van der Waals surface area contributed by atoms with Crippen LogP contribution in [0, 0.1) is 5.92 Å². The van der Waals surface area contributed by atoms with Crippen molar-refractivity contribution in [3.05, 3.63) is 17.8 Å². The highest BCUT2D eigenvalue weighted by atomic mass is 16.4. The summed E-state index contributed by atoms with van der Waals surface area (Å²) in [5.41, 5.74) is 5.40. The highest BCUT2D eigenvalue weighted by Crippen LogP contribution is 2.12. The first kappa shape index (κ1) is 10.3. The number of hydrogen-bond donors (Lipinski definition) is 1. The van der Waals surface area contributed by atoms with Crippen LogP contribution in [0.1, 0.15) is 31.9 Å². The average Bonchev–Trinajstić information content (AvgIpc) is 2.53. The van der Waals surface area contributed by atoms with Crippen LogP contribution in [-0.2, 0) is 12.8 Å². The van der Waals surface area contributed by atoms with Crippen LogP contribution < -0.4 is 5.73 Å². The van der Waals surface area contributed by atoms with Gasteiger partial charge in [0.25, 0.3) is 0 Å². The molecule has 0 bridgehead atoms. The Kier molecular flexibility index (Phi) is 3.96. The van der Waals surface area contributed by atoms with Crippen LogP contribution >= 0.6 is 0 Å². The van der Waals surface area contributed by atoms with Crippen LogP contribution in [-0.4, -0.2) is 11.5 Å². The molecule has 0 aliphatic rings. The Bertz CT molecular complexity index is 245. The summed E-state index contributed by atoms with van der Waals surface area (Å²) in [6.07, 6.45) is 4.71. The van der Waals surface area contributed by atoms with E-state index in [1.165, 1.54) is 6.42 Å². The molecule has 1 unspecified atom stereocenters. The molecule has 0 aliphatic carbocycles. The molecule has 0 saturated carbocycles. The van der Waals surface area contributed by atoms with E-state index in [1.54, 1.807) is 0 Å². The van der Waals surface area contributed by atoms with Crippen LogP contribution in [0.4, 0.5) is 0 Å². The van der Waals surface area contributed by atoms with Gasteiger partial charge in [0.15, 0.2) is 5.89 Å². The number of aromatic nitrogens is 1. The Balaban J connectivity index is 2.48. The second-order valence-corrected chi connectivity index (χ2v) is 3.48. The van der Waals surface area contributed by atoms with E-state index in [-0.39, 0.29) is 0 Å². The number of nitrogens with two attached hydrogens (primary N) is 1. The van der Waals surface area contributed by atoms with Crippen molar-refractivity contribution in [2.24, 2.45) is 11.7 Å². The van der Waals surface area contributed by atoms with Crippen LogP contribution in [0.25, 0.3) is 0 Å². The van der Waals surface area contributed by atoms with E-state index in [9.17, 15) is 0 Å². The van der Waals surface area contributed by atoms with E-state index in [4.69, 9.17) is 10.2 Å². The van der Waals surface area contributed by atoms with Gasteiger partial charge in [-0.3, -0.25) is 0 Å². The van der Waals surface area contributed by atoms with Gasteiger partial charge < -0.3 is 10.2 Å². The number of rotatable bonds is 5. The minimum absolute atomic E-state index is 0.600. The van der Waals surface area contributed by atoms with E-state index >= 15 is 0 Å². The van der Waals surface area contributed by atoms with E-state index in [0.29, 0.717) is 12.5 Å². The summed E-state index contributed by atoms with van der Waals surface area (Å²) in [5.74, 6) is 2.41. The molecule has 0 spiro atoms. The van der Waals surface area contributed by atoms with Gasteiger partial charge in [0.05, 0.1) is 6.20 Å². The molecule has 1 rings (SSSR count). The lowest BCUT2D eigenvalue weighted by atomic mass is 10.0. The van der Waals surface area contributed by atoms with Crippen molar-refractivity contribution in [1.82, 2.24) is 4.98 Å². The van der Waals surface area contributed by atoms with Gasteiger partial charge in [0, 0.05) is 19.4 Å². The standard InChI is InChI=1S/C10H18N2O/c1-3-8(2)6-9-7-12-10(13-9)4-5-11/h7-8H,3-6,11H2,1-2H3. The molecular formula is C10H18N2O. The summed E-state index contributed by atoms with van der Waals surface area (Å²) in [6.45, 7) is 5.00. The van der Waals surface area contributed by atoms with Crippen LogP contribution in [0.3, 0.4) is 0 Å². The lowest BCUT2D eigenvalue weighted by molar-refractivity contribution is 0.420. The van der Waals surface area contributed by atoms with Crippen LogP contribution in [0.15, 0.2) is 10.6 Å². The van der Waals surface area contributed by atoms with E-state index < -0.39 is 0 Å². The zero-order valence-electron chi connectivity index (χ0n) is 8.42. The molecule has 0 saturated heterocycles. The van der Waals surface area contributed by atoms with Gasteiger partial charge in [-0.2, -0.15) is 0 Å². The third-order valence-corrected chi connectivity index (χ3v) is 2.21. The van der Waals surface area contributed by atoms with E-state index in [2.05, 4.69) is 18.8 Å². The molecule has 74 valence electrons. The predicted octanol–water partition coefficient (Wildman–Crippen LogP) is 1.76. The van der Waals surface area contributed by atoms with Crippen molar-refractivity contribution in [3.63, 3.8) is 0 Å². The van der Waals surface area contributed by atoms with E-state index in [0.717, 1.165) is 24.5 Å². The fourth-order valence-electron chi connectivity index (χ4n) is 1.17. The molecule has 1 aromatic heterocycles. The molecule has 3 heteroatoms. The molecule has 0 aromatic carbocycles. The predicted molar refractivity (Wildman–Crippen MR) is 52.4 cm³/mol. The molecule has 0 aliphatic heterocycles. The Morgan fingerprint density at radius 3 is 3.00 bits per heavy atom. The smallest absolute Gasteiger partial charge is 0.195 e. The second-order valence-electron chi connectivity index (χ2n) is 3.48. The fourth-order valence-corrected chi connectivity index (χ4v) is 1.17. The van der Waals surface area contributed by atoms with Crippen molar-refractivity contribution < 1.29 is 4.42 Å². The van der Waals surface area contributed by atoms with Gasteiger partial charge in [-0.25, -0.2) is 4.98 Å². The van der Waals surface area contributed by atoms with Crippen LogP contribution in [0.5, 0.6) is 0 Å². The van der Waals surface area contributed by atoms with Gasteiger partial charge in [0.1, 0.15) is 5.76 Å². The molecule has 1 atom stereocenters. The molecule has 3 nitrogen and oxygen atoms in total. The second kappa shape index (κ2) is 5.02. The quantitative estimate of drug-likeness (QED) is 0.755. The van der Waals surface area contributed by atoms with Gasteiger partial charge in [-0.15, -0.1) is 0 Å². The molecule has 0 fully saturated rings. The van der Waals surface area contributed by atoms with Gasteiger partial charge in [0.2, 0.25) is 0 Å². The van der Waals surface area contributed by atoms with Gasteiger partial charge in [-0.1, -0.05) is 20.3 Å². The number of nitrogens with zero attached hydrogens (tertiary/aromatic N) is 1. The van der Waals surface area contributed by atoms with Crippen molar-refractivity contribution in [1.29, 1.82) is 0 Å². The molecule has 13 heavy (non-hydrogen) atoms. The Morgan fingerprint density at radius 1 is 1.62 bits per heavy atom. The van der Waals surface area contributed by atoms with E-state index in [1.807, 2.05) is 6.20 Å². The lowest BCUT2D eigenvalue weighted by Crippen LogP contribution is -2.02. The maximum Gasteiger partial charge on any atom is 0.195 e. The largest absolute Gasteiger partial charge is 0.446 e. The van der Waals surface area contributed by atoms with Crippen molar-refractivity contribution >= 4 is 0 Å². The molecule has 0 amide bonds. The molecular weight excluding hydrogens is 164 g/mol. The number of hydrogen-bond acceptors (Lipinski definition) is 3. The van der Waals surface area contributed by atoms with Crippen molar-refractivity contribution in [2.45, 2.75) is 33.1 Å². The Labute approximate surface area is 79.3 Å². The first-order valence-electron chi connectivity index (χ1n) is 4.90. The van der Waals surface area contributed by atoms with Gasteiger partial charge in [-0.05, 0) is 5.92 Å². The minimum Gasteiger partial charge on any atom is -0.446 e. The molecule has 2 N–H and O–H groups in total. The summed E-state index contributed by atoms with van der Waals surface area (Å²) in [7, 11) is 0. The topological polar surface area (TPSA) is 52.0 Å². The summed E-state index contributed by atoms with van der Waals surface area (Å²) in [4.78, 5) is 4.15. The van der Waals surface area contributed by atoms with Gasteiger partial charge >= 0.3 is 0 Å². The minimum atomic E-state index is 0.600. The zero-order chi connectivity index (χ0) is 9.68. The summed E-state index contributed by atoms with van der Waals surface area (Å²) in [5, 5.41) is 0. The summed E-state index contributed by atoms with van der Waals surface area (Å²) >= 11 is 0. The summed E-state index contributed by atoms with van der Waals surface area (Å²) < 4.78 is 5.51. The third-order valence-electron chi connectivity index (χ3n) is 2.21. The molecule has 1 heterocycles. The molecule has 1 aromatic rings. The summed E-state index contributed by atoms with van der Waals surface area (Å²) in [6, 6.07) is 0. The SMILES string of the molecule is CCC(C)Cc1cnc(CCN)o1. The van der Waals surface area contributed by atoms with Crippen molar-refractivity contribution in [2.75, 3.05) is 6.54 Å². The monoisotopic (exact) mass is 182 g/mol. The molecule has 0 radical (unpaired) electrons. The zero-order valence-corrected chi connectivity index (χ0v) is 8.42. The highest BCUT2D eigenvalue weighted by Gasteiger charge is 2.06. The maximum atomic E-state index is 5.51. The first-order chi connectivity index (χ1) is 6.26. The Morgan fingerprint density at radius 2 is 2.38 bits per heavy atom. The highest BCUT2D eigenvalue weighted by molar-refractivity contribution is 4.95. The third kappa shape index (κ3) is 3.19. The maximum absolute atomic E-state index is 5.51. The normalized spacial score (nSPS) is 13.2. The lowest BCUT2D eigenvalue weighted by Gasteiger charge is -2.03.